The maximum absolute atomic E-state index is 9.77. The summed E-state index contributed by atoms with van der Waals surface area (Å²) in [7, 11) is 0. The van der Waals surface area contributed by atoms with Gasteiger partial charge in [-0.05, 0) is 13.3 Å². The molecule has 0 radical (unpaired) electrons. The molecule has 0 bridgehead atoms. The number of aliphatic hydroxyl groups is 3. The van der Waals surface area contributed by atoms with Crippen molar-refractivity contribution in [3.8, 4) is 0 Å². The van der Waals surface area contributed by atoms with E-state index in [1.807, 2.05) is 0 Å². The fourth-order valence-electron chi connectivity index (χ4n) is 2.89. The first kappa shape index (κ1) is 21.9. The molecule has 0 spiro atoms. The lowest BCUT2D eigenvalue weighted by Gasteiger charge is -2.18. The molecule has 0 saturated heterocycles. The van der Waals surface area contributed by atoms with Gasteiger partial charge in [0.15, 0.2) is 0 Å². The van der Waals surface area contributed by atoms with Crippen molar-refractivity contribution >= 4 is 0 Å². The maximum atomic E-state index is 9.77. The summed E-state index contributed by atoms with van der Waals surface area (Å²) in [5.74, 6) is 0. The van der Waals surface area contributed by atoms with Gasteiger partial charge in [0.1, 0.15) is 0 Å². The lowest BCUT2D eigenvalue weighted by molar-refractivity contribution is -0.0133. The molecule has 0 aromatic heterocycles. The molecule has 0 fully saturated rings. The molecular weight excluding hydrogens is 276 g/mol. The molecule has 3 atom stereocenters. The number of hydrogen-bond acceptors (Lipinski definition) is 3. The largest absolute Gasteiger partial charge is 0.393 e. The average molecular weight is 317 g/mol. The first-order valence-corrected chi connectivity index (χ1v) is 9.62. The van der Waals surface area contributed by atoms with Crippen LogP contribution in [0.25, 0.3) is 0 Å². The van der Waals surface area contributed by atoms with E-state index in [9.17, 15) is 15.3 Å². The second-order valence-electron chi connectivity index (χ2n) is 6.90. The van der Waals surface area contributed by atoms with Gasteiger partial charge in [-0.25, -0.2) is 0 Å². The highest BCUT2D eigenvalue weighted by atomic mass is 16.3. The van der Waals surface area contributed by atoms with Crippen LogP contribution in [0.2, 0.25) is 0 Å². The molecule has 0 rings (SSSR count). The zero-order chi connectivity index (χ0) is 16.6. The van der Waals surface area contributed by atoms with Gasteiger partial charge in [-0.15, -0.1) is 0 Å². The molecule has 134 valence electrons. The number of aliphatic hydroxyl groups excluding tert-OH is 3. The van der Waals surface area contributed by atoms with E-state index < -0.39 is 18.3 Å². The first-order chi connectivity index (χ1) is 10.6. The molecule has 0 saturated carbocycles. The minimum Gasteiger partial charge on any atom is -0.393 e. The van der Waals surface area contributed by atoms with E-state index >= 15 is 0 Å². The molecule has 0 aliphatic heterocycles. The van der Waals surface area contributed by atoms with Crippen LogP contribution in [0.15, 0.2) is 0 Å². The van der Waals surface area contributed by atoms with Crippen molar-refractivity contribution in [2.75, 3.05) is 0 Å². The van der Waals surface area contributed by atoms with Gasteiger partial charge in [0.25, 0.3) is 0 Å². The zero-order valence-electron chi connectivity index (χ0n) is 15.0. The zero-order valence-corrected chi connectivity index (χ0v) is 15.0. The minimum atomic E-state index is -0.785. The molecule has 0 aliphatic carbocycles. The Morgan fingerprint density at radius 1 is 0.591 bits per heavy atom. The van der Waals surface area contributed by atoms with E-state index in [-0.39, 0.29) is 6.42 Å². The van der Waals surface area contributed by atoms with Crippen LogP contribution >= 0.6 is 0 Å². The molecule has 0 heterocycles. The average Bonchev–Trinajstić information content (AvgIpc) is 2.47. The maximum Gasteiger partial charge on any atom is 0.0823 e. The Hall–Kier alpha value is -0.120. The van der Waals surface area contributed by atoms with Crippen molar-refractivity contribution in [3.05, 3.63) is 0 Å². The van der Waals surface area contributed by atoms with Gasteiger partial charge in [-0.2, -0.15) is 0 Å². The Bertz CT molecular complexity index is 219. The fraction of sp³-hybridized carbons (Fsp3) is 1.00. The first-order valence-electron chi connectivity index (χ1n) is 9.62. The molecule has 0 aromatic rings. The van der Waals surface area contributed by atoms with Crippen molar-refractivity contribution in [1.82, 2.24) is 0 Å². The molecule has 0 aliphatic rings. The van der Waals surface area contributed by atoms with Crippen LogP contribution in [0, 0.1) is 0 Å². The number of hydrogen-bond donors (Lipinski definition) is 3. The summed E-state index contributed by atoms with van der Waals surface area (Å²) in [6.07, 6.45) is 14.5. The highest BCUT2D eigenvalue weighted by Crippen LogP contribution is 2.14. The van der Waals surface area contributed by atoms with Crippen LogP contribution in [-0.4, -0.2) is 33.6 Å². The highest BCUT2D eigenvalue weighted by molar-refractivity contribution is 4.69. The molecule has 22 heavy (non-hydrogen) atoms. The van der Waals surface area contributed by atoms with E-state index in [0.29, 0.717) is 6.42 Å². The Kier molecular flexibility index (Phi) is 15.7. The topological polar surface area (TPSA) is 60.7 Å². The lowest BCUT2D eigenvalue weighted by Crippen LogP contribution is -2.29. The molecule has 3 N–H and O–H groups in total. The molecule has 3 nitrogen and oxygen atoms in total. The SMILES string of the molecule is CCCCCCCCCCCCCCC(O)C(O)CC(C)O. The van der Waals surface area contributed by atoms with Gasteiger partial charge in [0.05, 0.1) is 18.3 Å². The van der Waals surface area contributed by atoms with Crippen LogP contribution in [-0.2, 0) is 0 Å². The van der Waals surface area contributed by atoms with Crippen molar-refractivity contribution in [3.63, 3.8) is 0 Å². The molecule has 0 aromatic carbocycles. The molecule has 3 unspecified atom stereocenters. The van der Waals surface area contributed by atoms with Crippen molar-refractivity contribution in [2.24, 2.45) is 0 Å². The van der Waals surface area contributed by atoms with E-state index in [2.05, 4.69) is 6.92 Å². The van der Waals surface area contributed by atoms with Gasteiger partial charge in [0, 0.05) is 6.42 Å². The fourth-order valence-corrected chi connectivity index (χ4v) is 2.89. The Labute approximate surface area is 138 Å². The van der Waals surface area contributed by atoms with Gasteiger partial charge in [-0.1, -0.05) is 84.0 Å². The van der Waals surface area contributed by atoms with Crippen LogP contribution in [0.1, 0.15) is 104 Å². The summed E-state index contributed by atoms with van der Waals surface area (Å²) in [5.41, 5.74) is 0. The van der Waals surface area contributed by atoms with Gasteiger partial charge in [-0.3, -0.25) is 0 Å². The van der Waals surface area contributed by atoms with E-state index in [1.165, 1.54) is 64.2 Å². The van der Waals surface area contributed by atoms with Crippen LogP contribution in [0.3, 0.4) is 0 Å². The van der Waals surface area contributed by atoms with Crippen LogP contribution < -0.4 is 0 Å². The summed E-state index contributed by atoms with van der Waals surface area (Å²) in [5, 5.41) is 28.6. The summed E-state index contributed by atoms with van der Waals surface area (Å²) < 4.78 is 0. The smallest absolute Gasteiger partial charge is 0.0823 e. The summed E-state index contributed by atoms with van der Waals surface area (Å²) in [6, 6.07) is 0. The lowest BCUT2D eigenvalue weighted by atomic mass is 10.0. The van der Waals surface area contributed by atoms with Crippen molar-refractivity contribution in [1.29, 1.82) is 0 Å². The Balaban J connectivity index is 3.23. The van der Waals surface area contributed by atoms with E-state index in [4.69, 9.17) is 0 Å². The molecule has 3 heteroatoms. The molecular formula is C19H40O3. The second kappa shape index (κ2) is 15.8. The summed E-state index contributed by atoms with van der Waals surface area (Å²) in [4.78, 5) is 0. The predicted octanol–water partition coefficient (Wildman–Crippen LogP) is 4.57. The normalized spacial score (nSPS) is 15.7. The highest BCUT2D eigenvalue weighted by Gasteiger charge is 2.17. The second-order valence-corrected chi connectivity index (χ2v) is 6.90. The summed E-state index contributed by atoms with van der Waals surface area (Å²) in [6.45, 7) is 3.90. The van der Waals surface area contributed by atoms with Crippen LogP contribution in [0.4, 0.5) is 0 Å². The van der Waals surface area contributed by atoms with Gasteiger partial charge >= 0.3 is 0 Å². The number of unbranched alkanes of at least 4 members (excludes halogenated alkanes) is 11. The van der Waals surface area contributed by atoms with Crippen molar-refractivity contribution in [2.45, 2.75) is 122 Å². The van der Waals surface area contributed by atoms with E-state index in [1.54, 1.807) is 6.92 Å². The van der Waals surface area contributed by atoms with E-state index in [0.717, 1.165) is 12.8 Å². The molecule has 0 amide bonds. The van der Waals surface area contributed by atoms with Crippen molar-refractivity contribution < 1.29 is 15.3 Å². The van der Waals surface area contributed by atoms with Crippen LogP contribution in [0.5, 0.6) is 0 Å². The quantitative estimate of drug-likeness (QED) is 0.366. The van der Waals surface area contributed by atoms with Gasteiger partial charge < -0.3 is 15.3 Å². The standard InChI is InChI=1S/C19H40O3/c1-3-4-5-6-7-8-9-10-11-12-13-14-15-18(21)19(22)16-17(2)20/h17-22H,3-16H2,1-2H3. The third kappa shape index (κ3) is 14.8. The Morgan fingerprint density at radius 2 is 1.00 bits per heavy atom. The predicted molar refractivity (Wildman–Crippen MR) is 94.0 cm³/mol. The summed E-state index contributed by atoms with van der Waals surface area (Å²) >= 11 is 0. The number of rotatable bonds is 16. The minimum absolute atomic E-state index is 0.263. The van der Waals surface area contributed by atoms with Gasteiger partial charge in [0.2, 0.25) is 0 Å². The third-order valence-electron chi connectivity index (χ3n) is 4.38. The Morgan fingerprint density at radius 3 is 1.41 bits per heavy atom. The monoisotopic (exact) mass is 316 g/mol. The third-order valence-corrected chi connectivity index (χ3v) is 4.38.